The molecule has 0 saturated carbocycles. The van der Waals surface area contributed by atoms with Gasteiger partial charge in [0.05, 0.1) is 25.7 Å². The molecule has 0 radical (unpaired) electrons. The van der Waals surface area contributed by atoms with Gasteiger partial charge >= 0.3 is 12.3 Å². The Labute approximate surface area is 212 Å². The highest BCUT2D eigenvalue weighted by Crippen LogP contribution is 2.40. The molecule has 2 aromatic rings. The van der Waals surface area contributed by atoms with E-state index in [9.17, 15) is 30.8 Å². The monoisotopic (exact) mass is 548 g/mol. The van der Waals surface area contributed by atoms with Gasteiger partial charge in [0.2, 0.25) is 0 Å². The van der Waals surface area contributed by atoms with E-state index in [0.29, 0.717) is 16.6 Å². The molecule has 9 nitrogen and oxygen atoms in total. The molecule has 2 fully saturated rings. The number of alkyl halides is 3. The van der Waals surface area contributed by atoms with Gasteiger partial charge in [-0.15, -0.1) is 0 Å². The number of piperazine rings is 1. The molecule has 2 aliphatic heterocycles. The topological polar surface area (TPSA) is 119 Å². The van der Waals surface area contributed by atoms with Gasteiger partial charge in [0.15, 0.2) is 6.10 Å². The zero-order valence-corrected chi connectivity index (χ0v) is 21.2. The van der Waals surface area contributed by atoms with Crippen LogP contribution in [0, 0.1) is 5.82 Å². The molecule has 2 saturated heterocycles. The number of amides is 1. The summed E-state index contributed by atoms with van der Waals surface area (Å²) in [5, 5.41) is 8.21. The van der Waals surface area contributed by atoms with Crippen LogP contribution in [0.5, 0.6) is 0 Å². The van der Waals surface area contributed by atoms with Crippen molar-refractivity contribution in [3.05, 3.63) is 65.5 Å². The first kappa shape index (κ1) is 28.8. The second kappa shape index (κ2) is 10.9. The summed E-state index contributed by atoms with van der Waals surface area (Å²) in [7, 11) is 0.491. The van der Waals surface area contributed by atoms with Crippen molar-refractivity contribution in [2.75, 3.05) is 51.7 Å². The van der Waals surface area contributed by atoms with Crippen molar-refractivity contribution in [1.29, 1.82) is 0 Å². The lowest BCUT2D eigenvalue weighted by Crippen LogP contribution is -2.59. The van der Waals surface area contributed by atoms with Gasteiger partial charge in [0.1, 0.15) is 18.4 Å². The summed E-state index contributed by atoms with van der Waals surface area (Å²) in [6.45, 7) is 4.09. The lowest BCUT2D eigenvalue weighted by Gasteiger charge is -2.42. The number of ether oxygens (including phenoxy) is 1. The van der Waals surface area contributed by atoms with Gasteiger partial charge in [0.25, 0.3) is 10.2 Å². The molecule has 2 aliphatic rings. The molecule has 2 aromatic carbocycles. The van der Waals surface area contributed by atoms with E-state index in [2.05, 4.69) is 29.3 Å². The van der Waals surface area contributed by atoms with Crippen molar-refractivity contribution in [3.63, 3.8) is 0 Å². The molecular weight excluding hydrogens is 518 g/mol. The highest BCUT2D eigenvalue weighted by atomic mass is 32.2. The number of likely N-dealkylation sites (N-methyl/N-ethyl adjacent to an activating group) is 2. The second-order valence-electron chi connectivity index (χ2n) is 9.48. The van der Waals surface area contributed by atoms with Crippen molar-refractivity contribution >= 4 is 22.0 Å². The Kier molecular flexibility index (Phi) is 8.49. The summed E-state index contributed by atoms with van der Waals surface area (Å²) in [6.07, 6.45) is -5.70. The molecule has 0 spiro atoms. The summed E-state index contributed by atoms with van der Waals surface area (Å²) in [4.78, 5) is 16.5. The number of hydrogen-bond acceptors (Lipinski definition) is 5. The molecule has 0 aliphatic carbocycles. The molecule has 204 valence electrons. The number of carbonyl (C=O) groups is 1. The number of rotatable bonds is 4. The Bertz CT molecular complexity index is 1190. The lowest BCUT2D eigenvalue weighted by molar-refractivity contribution is -0.916. The Hall–Kier alpha value is -2.78. The maximum atomic E-state index is 14.1. The molecule has 1 amide bonds. The molecule has 0 aromatic heterocycles. The van der Waals surface area contributed by atoms with Crippen molar-refractivity contribution in [1.82, 2.24) is 4.90 Å². The van der Waals surface area contributed by atoms with Gasteiger partial charge < -0.3 is 9.22 Å². The number of halogens is 4. The van der Waals surface area contributed by atoms with Crippen LogP contribution in [0.3, 0.4) is 0 Å². The van der Waals surface area contributed by atoms with E-state index >= 15 is 0 Å². The fourth-order valence-corrected chi connectivity index (χ4v) is 4.46. The van der Waals surface area contributed by atoms with Crippen LogP contribution >= 0.6 is 0 Å². The minimum Gasteiger partial charge on any atom is -0.437 e. The van der Waals surface area contributed by atoms with Crippen LogP contribution in [0.2, 0.25) is 0 Å². The Morgan fingerprint density at radius 1 is 1.08 bits per heavy atom. The predicted octanol–water partition coefficient (Wildman–Crippen LogP) is 2.45. The third kappa shape index (κ3) is 7.85. The minimum absolute atomic E-state index is 0.279. The number of anilines is 1. The Balaban J connectivity index is 0.000000695. The maximum absolute atomic E-state index is 14.1. The zero-order valence-electron chi connectivity index (χ0n) is 20.4. The number of hydrogen-bond donors (Lipinski definition) is 2. The van der Waals surface area contributed by atoms with Gasteiger partial charge in [-0.2, -0.15) is 21.6 Å². The number of nitrogens with two attached hydrogens (primary N) is 2. The van der Waals surface area contributed by atoms with Crippen molar-refractivity contribution < 1.29 is 40.0 Å². The highest BCUT2D eigenvalue weighted by molar-refractivity contribution is 7.86. The Morgan fingerprint density at radius 3 is 2.16 bits per heavy atom. The standard InChI is InChI=1S/C23H26F4N3O2.H4N2O2S/c1-28-10-12-30(2,13-11-28)15-20-21(16-4-3-5-18(24)14-16)29(22(31)32-20)19-8-6-17(7-9-19)23(25,26)27;1-5(2,3)4/h3-9,14,20-21H,10-13,15H2,1-2H3;(H4,1,2,3,4)/q+1;/t20-,21-;/m0./s1. The summed E-state index contributed by atoms with van der Waals surface area (Å²) in [5.41, 5.74) is 0.0189. The van der Waals surface area contributed by atoms with E-state index in [4.69, 9.17) is 4.74 Å². The van der Waals surface area contributed by atoms with Gasteiger partial charge in [0, 0.05) is 18.8 Å². The zero-order chi connectivity index (χ0) is 27.6. The third-order valence-electron chi connectivity index (χ3n) is 6.41. The molecule has 4 rings (SSSR count). The van der Waals surface area contributed by atoms with Crippen molar-refractivity contribution in [2.24, 2.45) is 10.3 Å². The number of carbonyl (C=O) groups excluding carboxylic acids is 1. The van der Waals surface area contributed by atoms with Crippen LogP contribution in [0.15, 0.2) is 48.5 Å². The van der Waals surface area contributed by atoms with Crippen molar-refractivity contribution in [2.45, 2.75) is 18.3 Å². The molecule has 4 N–H and O–H groups in total. The summed E-state index contributed by atoms with van der Waals surface area (Å²) in [5.74, 6) is -0.451. The molecule has 37 heavy (non-hydrogen) atoms. The summed E-state index contributed by atoms with van der Waals surface area (Å²) in [6, 6.07) is 9.67. The number of benzene rings is 2. The predicted molar refractivity (Wildman–Crippen MR) is 129 cm³/mol. The van der Waals surface area contributed by atoms with Gasteiger partial charge in [-0.05, 0) is 49.0 Å². The molecular formula is C23H30F4N5O4S+. The van der Waals surface area contributed by atoms with Crippen LogP contribution in [0.1, 0.15) is 17.2 Å². The number of cyclic esters (lactones) is 1. The normalized spacial score (nSPS) is 22.3. The van der Waals surface area contributed by atoms with Gasteiger partial charge in [-0.3, -0.25) is 9.80 Å². The average Bonchev–Trinajstić information content (AvgIpc) is 3.09. The van der Waals surface area contributed by atoms with E-state index < -0.39 is 46.0 Å². The minimum atomic E-state index is -4.48. The van der Waals surface area contributed by atoms with E-state index in [1.807, 2.05) is 0 Å². The quantitative estimate of drug-likeness (QED) is 0.450. The van der Waals surface area contributed by atoms with Crippen LogP contribution in [0.4, 0.5) is 28.0 Å². The SMILES string of the molecule is CN1CC[N+](C)(C[C@@H]2OC(=O)N(c3ccc(C(F)(F)F)cc3)[C@H]2c2cccc(F)c2)CC1.NS(N)(=O)=O. The maximum Gasteiger partial charge on any atom is 0.416 e. The first-order valence-corrected chi connectivity index (χ1v) is 12.9. The van der Waals surface area contributed by atoms with Crippen LogP contribution in [-0.4, -0.2) is 76.8 Å². The first-order valence-electron chi connectivity index (χ1n) is 11.3. The Morgan fingerprint density at radius 2 is 1.65 bits per heavy atom. The highest BCUT2D eigenvalue weighted by Gasteiger charge is 2.47. The molecule has 0 bridgehead atoms. The summed E-state index contributed by atoms with van der Waals surface area (Å²) >= 11 is 0. The third-order valence-corrected chi connectivity index (χ3v) is 6.41. The van der Waals surface area contributed by atoms with Gasteiger partial charge in [-0.1, -0.05) is 12.1 Å². The molecule has 2 atom stereocenters. The van der Waals surface area contributed by atoms with Crippen LogP contribution in [-0.2, 0) is 21.1 Å². The second-order valence-corrected chi connectivity index (χ2v) is 10.7. The average molecular weight is 549 g/mol. The molecule has 14 heteroatoms. The number of quaternary nitrogens is 1. The largest absolute Gasteiger partial charge is 0.437 e. The fourth-order valence-electron chi connectivity index (χ4n) is 4.46. The van der Waals surface area contributed by atoms with E-state index in [1.54, 1.807) is 12.1 Å². The molecule has 0 unspecified atom stereocenters. The first-order chi connectivity index (χ1) is 17.1. The molecule has 2 heterocycles. The van der Waals surface area contributed by atoms with Crippen LogP contribution < -0.4 is 15.2 Å². The lowest BCUT2D eigenvalue weighted by atomic mass is 9.98. The van der Waals surface area contributed by atoms with Gasteiger partial charge in [-0.25, -0.2) is 19.5 Å². The number of nitrogens with zero attached hydrogens (tertiary/aromatic N) is 3. The summed E-state index contributed by atoms with van der Waals surface area (Å²) < 4.78 is 77.9. The van der Waals surface area contributed by atoms with Crippen molar-refractivity contribution in [3.8, 4) is 0 Å². The van der Waals surface area contributed by atoms with E-state index in [1.165, 1.54) is 29.2 Å². The van der Waals surface area contributed by atoms with Crippen LogP contribution in [0.25, 0.3) is 0 Å². The fraction of sp³-hybridized carbons (Fsp3) is 0.435. The van der Waals surface area contributed by atoms with E-state index in [-0.39, 0.29) is 5.69 Å². The van der Waals surface area contributed by atoms with E-state index in [0.717, 1.165) is 38.3 Å². The smallest absolute Gasteiger partial charge is 0.416 e.